The molecule has 7 nitrogen and oxygen atoms in total. The van der Waals surface area contributed by atoms with Crippen molar-refractivity contribution in [1.29, 1.82) is 0 Å². The molecular formula is C17H16N4O3. The average Bonchev–Trinajstić information content (AvgIpc) is 2.84. The van der Waals surface area contributed by atoms with Gasteiger partial charge in [0.05, 0.1) is 13.0 Å². The summed E-state index contributed by atoms with van der Waals surface area (Å²) in [5.41, 5.74) is 0.847. The van der Waals surface area contributed by atoms with E-state index in [0.29, 0.717) is 5.82 Å². The topological polar surface area (TPSA) is 91.4 Å². The highest BCUT2D eigenvalue weighted by Crippen LogP contribution is 2.14. The minimum absolute atomic E-state index is 0.133. The first-order valence-corrected chi connectivity index (χ1v) is 7.50. The second kappa shape index (κ2) is 6.91. The summed E-state index contributed by atoms with van der Waals surface area (Å²) in [6.45, 7) is 0.184. The standard InChI is InChI=1S/C17H16N4O3/c22-15(20-14-8-4-5-9-18-14)10-13-16(23)21(17(24)19-13)11-12-6-2-1-3-7-12/h1-9,13H,10-11H2,(H,19,24)(H,18,20,22). The molecule has 1 aliphatic rings. The first kappa shape index (κ1) is 15.7. The number of aromatic nitrogens is 1. The highest BCUT2D eigenvalue weighted by atomic mass is 16.2. The predicted molar refractivity (Wildman–Crippen MR) is 86.8 cm³/mol. The van der Waals surface area contributed by atoms with Crippen molar-refractivity contribution in [3.63, 3.8) is 0 Å². The smallest absolute Gasteiger partial charge is 0.325 e. The fraction of sp³-hybridized carbons (Fsp3) is 0.176. The molecule has 0 spiro atoms. The number of carbonyl (C=O) groups is 3. The van der Waals surface area contributed by atoms with Gasteiger partial charge in [-0.1, -0.05) is 36.4 Å². The van der Waals surface area contributed by atoms with E-state index in [4.69, 9.17) is 0 Å². The molecular weight excluding hydrogens is 308 g/mol. The molecule has 24 heavy (non-hydrogen) atoms. The van der Waals surface area contributed by atoms with Crippen LogP contribution in [-0.4, -0.2) is 33.8 Å². The zero-order valence-corrected chi connectivity index (χ0v) is 12.8. The zero-order valence-electron chi connectivity index (χ0n) is 12.8. The number of nitrogens with zero attached hydrogens (tertiary/aromatic N) is 2. The first-order chi connectivity index (χ1) is 11.6. The van der Waals surface area contributed by atoms with Gasteiger partial charge in [0.2, 0.25) is 5.91 Å². The molecule has 3 rings (SSSR count). The van der Waals surface area contributed by atoms with E-state index in [1.165, 1.54) is 0 Å². The van der Waals surface area contributed by atoms with E-state index in [0.717, 1.165) is 10.5 Å². The fourth-order valence-electron chi connectivity index (χ4n) is 2.45. The Hall–Kier alpha value is -3.22. The summed E-state index contributed by atoms with van der Waals surface area (Å²) < 4.78 is 0. The monoisotopic (exact) mass is 324 g/mol. The van der Waals surface area contributed by atoms with Crippen molar-refractivity contribution in [3.8, 4) is 0 Å². The maximum atomic E-state index is 12.4. The molecule has 4 amide bonds. The van der Waals surface area contributed by atoms with Crippen LogP contribution in [0.4, 0.5) is 10.6 Å². The molecule has 1 aromatic heterocycles. The van der Waals surface area contributed by atoms with Crippen molar-refractivity contribution in [2.24, 2.45) is 0 Å². The molecule has 0 saturated carbocycles. The van der Waals surface area contributed by atoms with Crippen LogP contribution < -0.4 is 10.6 Å². The van der Waals surface area contributed by atoms with Crippen LogP contribution in [0.15, 0.2) is 54.7 Å². The largest absolute Gasteiger partial charge is 0.325 e. The second-order valence-corrected chi connectivity index (χ2v) is 5.38. The third-order valence-electron chi connectivity index (χ3n) is 3.61. The predicted octanol–water partition coefficient (Wildman–Crippen LogP) is 1.53. The lowest BCUT2D eigenvalue weighted by atomic mass is 10.1. The summed E-state index contributed by atoms with van der Waals surface area (Å²) in [4.78, 5) is 41.5. The molecule has 7 heteroatoms. The summed E-state index contributed by atoms with van der Waals surface area (Å²) in [6.07, 6.45) is 1.42. The Bertz CT molecular complexity index is 749. The third kappa shape index (κ3) is 3.57. The average molecular weight is 324 g/mol. The summed E-state index contributed by atoms with van der Waals surface area (Å²) in [7, 11) is 0. The van der Waals surface area contributed by atoms with Gasteiger partial charge in [-0.15, -0.1) is 0 Å². The molecule has 1 atom stereocenters. The molecule has 0 radical (unpaired) electrons. The molecule has 1 unspecified atom stereocenters. The van der Waals surface area contributed by atoms with E-state index in [2.05, 4.69) is 15.6 Å². The van der Waals surface area contributed by atoms with Gasteiger partial charge in [0, 0.05) is 6.20 Å². The summed E-state index contributed by atoms with van der Waals surface area (Å²) in [6, 6.07) is 13.0. The Morgan fingerprint density at radius 3 is 2.58 bits per heavy atom. The van der Waals surface area contributed by atoms with Crippen LogP contribution >= 0.6 is 0 Å². The van der Waals surface area contributed by atoms with Gasteiger partial charge in [-0.2, -0.15) is 0 Å². The van der Waals surface area contributed by atoms with Crippen LogP contribution in [0.25, 0.3) is 0 Å². The lowest BCUT2D eigenvalue weighted by Gasteiger charge is -2.13. The summed E-state index contributed by atoms with van der Waals surface area (Å²) in [5.74, 6) is -0.380. The number of hydrogen-bond donors (Lipinski definition) is 2. The third-order valence-corrected chi connectivity index (χ3v) is 3.61. The quantitative estimate of drug-likeness (QED) is 0.816. The second-order valence-electron chi connectivity index (χ2n) is 5.38. The Balaban J connectivity index is 1.60. The zero-order chi connectivity index (χ0) is 16.9. The normalized spacial score (nSPS) is 16.8. The van der Waals surface area contributed by atoms with Crippen molar-refractivity contribution in [2.45, 2.75) is 19.0 Å². The molecule has 2 heterocycles. The highest BCUT2D eigenvalue weighted by molar-refractivity contribution is 6.06. The Morgan fingerprint density at radius 2 is 1.88 bits per heavy atom. The number of pyridine rings is 1. The van der Waals surface area contributed by atoms with Crippen LogP contribution in [-0.2, 0) is 16.1 Å². The Morgan fingerprint density at radius 1 is 1.12 bits per heavy atom. The van der Waals surface area contributed by atoms with Crippen LogP contribution in [0, 0.1) is 0 Å². The molecule has 0 bridgehead atoms. The van der Waals surface area contributed by atoms with E-state index in [9.17, 15) is 14.4 Å². The Labute approximate surface area is 138 Å². The summed E-state index contributed by atoms with van der Waals surface area (Å²) >= 11 is 0. The van der Waals surface area contributed by atoms with Crippen molar-refractivity contribution in [1.82, 2.24) is 15.2 Å². The van der Waals surface area contributed by atoms with Crippen LogP contribution in [0.1, 0.15) is 12.0 Å². The molecule has 1 aromatic carbocycles. The van der Waals surface area contributed by atoms with Gasteiger partial charge in [0.15, 0.2) is 0 Å². The number of imide groups is 1. The van der Waals surface area contributed by atoms with Crippen molar-refractivity contribution in [2.75, 3.05) is 5.32 Å². The molecule has 2 aromatic rings. The van der Waals surface area contributed by atoms with Crippen LogP contribution in [0.3, 0.4) is 0 Å². The molecule has 1 saturated heterocycles. The molecule has 1 fully saturated rings. The van der Waals surface area contributed by atoms with Gasteiger partial charge < -0.3 is 10.6 Å². The minimum atomic E-state index is -0.857. The Kier molecular flexibility index (Phi) is 4.51. The number of urea groups is 1. The number of rotatable bonds is 5. The van der Waals surface area contributed by atoms with Gasteiger partial charge in [0.25, 0.3) is 5.91 Å². The van der Waals surface area contributed by atoms with Gasteiger partial charge in [-0.05, 0) is 17.7 Å². The maximum absolute atomic E-state index is 12.4. The summed E-state index contributed by atoms with van der Waals surface area (Å²) in [5, 5.41) is 5.14. The number of carbonyl (C=O) groups excluding carboxylic acids is 3. The van der Waals surface area contributed by atoms with E-state index >= 15 is 0 Å². The number of nitrogens with one attached hydrogen (secondary N) is 2. The van der Waals surface area contributed by atoms with Gasteiger partial charge in [-0.3, -0.25) is 14.5 Å². The van der Waals surface area contributed by atoms with Crippen LogP contribution in [0.2, 0.25) is 0 Å². The van der Waals surface area contributed by atoms with Crippen molar-refractivity contribution >= 4 is 23.7 Å². The van der Waals surface area contributed by atoms with E-state index in [1.54, 1.807) is 24.4 Å². The van der Waals surface area contributed by atoms with E-state index in [-0.39, 0.29) is 18.9 Å². The SMILES string of the molecule is O=C(CC1NC(=O)N(Cc2ccccc2)C1=O)Nc1ccccn1. The van der Waals surface area contributed by atoms with E-state index < -0.39 is 18.0 Å². The van der Waals surface area contributed by atoms with Gasteiger partial charge in [-0.25, -0.2) is 9.78 Å². The van der Waals surface area contributed by atoms with E-state index in [1.807, 2.05) is 30.3 Å². The number of amides is 4. The van der Waals surface area contributed by atoms with Gasteiger partial charge >= 0.3 is 6.03 Å². The minimum Gasteiger partial charge on any atom is -0.325 e. The fourth-order valence-corrected chi connectivity index (χ4v) is 2.45. The lowest BCUT2D eigenvalue weighted by Crippen LogP contribution is -2.34. The van der Waals surface area contributed by atoms with Crippen LogP contribution in [0.5, 0.6) is 0 Å². The van der Waals surface area contributed by atoms with Crippen molar-refractivity contribution < 1.29 is 14.4 Å². The lowest BCUT2D eigenvalue weighted by molar-refractivity contribution is -0.130. The van der Waals surface area contributed by atoms with Gasteiger partial charge in [0.1, 0.15) is 11.9 Å². The highest BCUT2D eigenvalue weighted by Gasteiger charge is 2.38. The molecule has 0 aliphatic carbocycles. The number of benzene rings is 1. The number of anilines is 1. The first-order valence-electron chi connectivity index (χ1n) is 7.50. The van der Waals surface area contributed by atoms with Crippen molar-refractivity contribution in [3.05, 3.63) is 60.3 Å². The maximum Gasteiger partial charge on any atom is 0.325 e. The molecule has 2 N–H and O–H groups in total. The number of hydrogen-bond acceptors (Lipinski definition) is 4. The molecule has 122 valence electrons. The molecule has 1 aliphatic heterocycles.